The Hall–Kier alpha value is -8.58. The summed E-state index contributed by atoms with van der Waals surface area (Å²) in [5.41, 5.74) is 6.19. The Kier molecular flexibility index (Phi) is 19.1. The first-order valence-corrected chi connectivity index (χ1v) is 36.0. The summed E-state index contributed by atoms with van der Waals surface area (Å²) in [5.74, 6) is -0.509. The van der Waals surface area contributed by atoms with E-state index in [2.05, 4.69) is 73.4 Å². The van der Waals surface area contributed by atoms with Crippen LogP contribution in [0.1, 0.15) is 43.6 Å². The second-order valence-corrected chi connectivity index (χ2v) is 31.1. The fraction of sp³-hybridized carbons (Fsp3) is 0.283. The Balaban J connectivity index is 0.000000124. The molecule has 0 atom stereocenters. The SMILES string of the molecule is CCS(=O)(=O)N1CC(CC#N)(n2cc(-c3nc(Cl)nc4cc(C)sc34)cn2)C1.CCS(=O)(=O)N1CC(CC#N)(n2cc(-c3nc(Cl)nc4ccoc34)cn2)C1.N#CCC1(n2cc(-c3nc(Cl)nc4sccc34)cn2)COC1.N#Cc1ccc(-c2nc(Cl)nc3ccsc23)cc1F. The molecule has 0 bridgehead atoms. The molecule has 96 heavy (non-hydrogen) atoms. The fourth-order valence-electron chi connectivity index (χ4n) is 10.9. The molecule has 0 radical (unpaired) electrons. The molecule has 11 aromatic heterocycles. The largest absolute Gasteiger partial charge is 0.460 e. The molecule has 3 aliphatic rings. The van der Waals surface area contributed by atoms with Crippen LogP contribution in [-0.2, 0) is 41.4 Å². The first kappa shape index (κ1) is 67.4. The van der Waals surface area contributed by atoms with Gasteiger partial charge in [-0.3, -0.25) is 14.0 Å². The zero-order chi connectivity index (χ0) is 67.9. The number of ether oxygens (including phenoxy) is 1. The van der Waals surface area contributed by atoms with Crippen molar-refractivity contribution in [2.24, 2.45) is 0 Å². The third-order valence-electron chi connectivity index (χ3n) is 16.1. The van der Waals surface area contributed by atoms with Crippen LogP contribution in [0.3, 0.4) is 0 Å². The van der Waals surface area contributed by atoms with E-state index in [0.717, 1.165) is 52.3 Å². The Labute approximate surface area is 578 Å². The molecule has 0 amide bonds. The first-order valence-electron chi connectivity index (χ1n) is 28.7. The van der Waals surface area contributed by atoms with Crippen molar-refractivity contribution >= 4 is 142 Å². The van der Waals surface area contributed by atoms with Crippen LogP contribution >= 0.6 is 80.4 Å². The summed E-state index contributed by atoms with van der Waals surface area (Å²) in [5, 5.41) is 54.8. The molecule has 0 unspecified atom stereocenters. The number of benzene rings is 1. The molecule has 0 saturated carbocycles. The predicted molar refractivity (Wildman–Crippen MR) is 360 cm³/mol. The number of hydrogen-bond acceptors (Lipinski definition) is 24. The number of aryl methyl sites for hydroxylation is 1. The van der Waals surface area contributed by atoms with Gasteiger partial charge in [0, 0.05) is 83.4 Å². The lowest BCUT2D eigenvalue weighted by molar-refractivity contribution is -0.104. The highest BCUT2D eigenvalue weighted by atomic mass is 35.5. The van der Waals surface area contributed by atoms with Gasteiger partial charge in [0.25, 0.3) is 0 Å². The predicted octanol–water partition coefficient (Wildman–Crippen LogP) is 11.7. The minimum atomic E-state index is -3.30. The van der Waals surface area contributed by atoms with E-state index in [9.17, 15) is 31.7 Å². The van der Waals surface area contributed by atoms with Gasteiger partial charge in [-0.2, -0.15) is 45.0 Å². The van der Waals surface area contributed by atoms with Gasteiger partial charge in [-0.1, -0.05) is 6.07 Å². The summed E-state index contributed by atoms with van der Waals surface area (Å²) in [6.45, 7) is 7.08. The number of nitriles is 4. The molecule has 15 rings (SSSR count). The third-order valence-corrected chi connectivity index (χ3v) is 23.1. The molecule has 36 heteroatoms. The molecular formula is C60H47Cl4FN20O6S5. The van der Waals surface area contributed by atoms with Crippen molar-refractivity contribution in [2.45, 2.75) is 56.7 Å². The van der Waals surface area contributed by atoms with Gasteiger partial charge in [0.1, 0.15) is 44.5 Å². The molecule has 3 saturated heterocycles. The van der Waals surface area contributed by atoms with Gasteiger partial charge >= 0.3 is 0 Å². The highest BCUT2D eigenvalue weighted by molar-refractivity contribution is 7.89. The van der Waals surface area contributed by atoms with Crippen molar-refractivity contribution in [2.75, 3.05) is 50.9 Å². The summed E-state index contributed by atoms with van der Waals surface area (Å²) in [6, 6.07) is 20.1. The van der Waals surface area contributed by atoms with Crippen molar-refractivity contribution in [3.63, 3.8) is 0 Å². The normalized spacial score (nSPS) is 15.5. The zero-order valence-corrected chi connectivity index (χ0v) is 57.4. The number of thiophene rings is 3. The van der Waals surface area contributed by atoms with Crippen LogP contribution in [0.5, 0.6) is 0 Å². The lowest BCUT2D eigenvalue weighted by Crippen LogP contribution is -2.64. The van der Waals surface area contributed by atoms with E-state index in [-0.39, 0.29) is 82.8 Å². The Morgan fingerprint density at radius 1 is 0.573 bits per heavy atom. The van der Waals surface area contributed by atoms with E-state index >= 15 is 0 Å². The molecule has 0 spiro atoms. The average Bonchev–Trinajstić information content (AvgIpc) is 1.37. The molecule has 3 aliphatic heterocycles. The number of aromatic nitrogens is 14. The number of nitrogens with zero attached hydrogens (tertiary/aromatic N) is 20. The second-order valence-electron chi connectivity index (χ2n) is 22.2. The van der Waals surface area contributed by atoms with Crippen molar-refractivity contribution in [1.82, 2.24) is 77.8 Å². The van der Waals surface area contributed by atoms with Crippen LogP contribution in [0, 0.1) is 58.1 Å². The van der Waals surface area contributed by atoms with Crippen LogP contribution < -0.4 is 0 Å². The van der Waals surface area contributed by atoms with E-state index in [0.29, 0.717) is 58.9 Å². The van der Waals surface area contributed by atoms with Crippen molar-refractivity contribution in [3.8, 4) is 69.3 Å². The van der Waals surface area contributed by atoms with Crippen LogP contribution in [0.4, 0.5) is 4.39 Å². The van der Waals surface area contributed by atoms with Gasteiger partial charge in [-0.25, -0.2) is 61.1 Å². The Morgan fingerprint density at radius 3 is 1.62 bits per heavy atom. The molecule has 12 aromatic rings. The molecule has 0 N–H and O–H groups in total. The van der Waals surface area contributed by atoms with Crippen LogP contribution in [0.15, 0.2) is 101 Å². The van der Waals surface area contributed by atoms with Gasteiger partial charge in [0.2, 0.25) is 41.2 Å². The highest BCUT2D eigenvalue weighted by Crippen LogP contribution is 2.41. The molecule has 1 aromatic carbocycles. The van der Waals surface area contributed by atoms with Gasteiger partial charge in [-0.05, 0) is 108 Å². The number of halogens is 5. The fourth-order valence-corrected chi connectivity index (χ4v) is 16.7. The first-order chi connectivity index (χ1) is 46.1. The monoisotopic (exact) mass is 1460 g/mol. The van der Waals surface area contributed by atoms with E-state index in [1.165, 1.54) is 49.7 Å². The van der Waals surface area contributed by atoms with Crippen LogP contribution in [0.25, 0.3) is 86.8 Å². The quantitative estimate of drug-likeness (QED) is 0.0913. The topological polar surface area (TPSA) is 349 Å². The number of sulfonamides is 2. The highest BCUT2D eigenvalue weighted by Gasteiger charge is 2.51. The lowest BCUT2D eigenvalue weighted by atomic mass is 9.89. The summed E-state index contributed by atoms with van der Waals surface area (Å²) in [6.07, 6.45) is 12.6. The number of rotatable bonds is 14. The molecule has 26 nitrogen and oxygen atoms in total. The number of furan rings is 1. The Morgan fingerprint density at radius 2 is 1.07 bits per heavy atom. The van der Waals surface area contributed by atoms with Gasteiger partial charge in [0.15, 0.2) is 5.58 Å². The van der Waals surface area contributed by atoms with Crippen LogP contribution in [-0.4, -0.2) is 146 Å². The van der Waals surface area contributed by atoms with Gasteiger partial charge in [-0.15, -0.1) is 34.0 Å². The molecule has 3 fully saturated rings. The van der Waals surface area contributed by atoms with Crippen molar-refractivity contribution in [3.05, 3.63) is 134 Å². The Bertz CT molecular complexity index is 5400. The van der Waals surface area contributed by atoms with E-state index in [1.807, 2.05) is 46.8 Å². The maximum absolute atomic E-state index is 13.7. The van der Waals surface area contributed by atoms with Crippen molar-refractivity contribution < 1.29 is 30.4 Å². The third kappa shape index (κ3) is 13.1. The van der Waals surface area contributed by atoms with Crippen LogP contribution in [0.2, 0.25) is 21.1 Å². The molecular weight excluding hydrogens is 1420 g/mol. The minimum absolute atomic E-state index is 0.00586. The van der Waals surface area contributed by atoms with Gasteiger partial charge in [0.05, 0.1) is 130 Å². The maximum Gasteiger partial charge on any atom is 0.224 e. The van der Waals surface area contributed by atoms with E-state index in [1.54, 1.807) is 83.7 Å². The smallest absolute Gasteiger partial charge is 0.224 e. The summed E-state index contributed by atoms with van der Waals surface area (Å²) in [7, 11) is -6.59. The average molecular weight is 1470 g/mol. The summed E-state index contributed by atoms with van der Waals surface area (Å²) in [4.78, 5) is 35.7. The molecule has 488 valence electrons. The zero-order valence-electron chi connectivity index (χ0n) is 50.3. The minimum Gasteiger partial charge on any atom is -0.460 e. The van der Waals surface area contributed by atoms with Gasteiger partial charge < -0.3 is 9.15 Å². The van der Waals surface area contributed by atoms with Crippen molar-refractivity contribution in [1.29, 1.82) is 21.0 Å². The second kappa shape index (κ2) is 27.1. The van der Waals surface area contributed by atoms with E-state index in [4.69, 9.17) is 66.1 Å². The standard InChI is InChI=1S/C17H17ClN6O2S2.C16H15ClN6O3S.C14H10ClN5OS.C13H5ClFN3S/c1-3-28(25,26)23-9-17(10-23,4-5-19)24-8-12(7-20-24)14-15-13(6-11(2)27-15)21-16(18)22-14;1-2-27(24,25)22-9-16(10-22,4-5-18)23-8-11(7-19-23)13-14-12(3-6-26-14)20-15(17)21-13;15-13-18-11(10-1-4-22-12(10)19-13)9-5-17-20(6-9)14(2-3-16)7-21-8-14;14-13-17-10-3-4-19-12(10)11(18-13)7-1-2-8(6-16)9(15)5-7/h6-8H,3-4,9-10H2,1-2H3;3,6-8H,2,4,9-10H2,1H3;1,4-6H,2,7-8H2;1-5H. The van der Waals surface area contributed by atoms with E-state index < -0.39 is 36.9 Å². The maximum atomic E-state index is 13.7. The molecule has 14 heterocycles. The molecule has 0 aliphatic carbocycles. The number of fused-ring (bicyclic) bond motifs is 4. The lowest BCUT2D eigenvalue weighted by Gasteiger charge is -2.47. The summed E-state index contributed by atoms with van der Waals surface area (Å²) >= 11 is 28.5. The summed E-state index contributed by atoms with van der Waals surface area (Å²) < 4.78 is 82.4. The number of hydrogen-bond donors (Lipinski definition) is 0.